The Kier molecular flexibility index (Phi) is 4.19. The largest absolute Gasteiger partial charge is 0.489 e. The molecule has 1 aromatic carbocycles. The van der Waals surface area contributed by atoms with Crippen molar-refractivity contribution in [3.05, 3.63) is 47.1 Å². The first-order valence-corrected chi connectivity index (χ1v) is 8.69. The van der Waals surface area contributed by atoms with Crippen LogP contribution in [-0.4, -0.2) is 27.5 Å². The molecule has 0 amide bonds. The zero-order chi connectivity index (χ0) is 18.4. The lowest BCUT2D eigenvalue weighted by atomic mass is 10.1. The van der Waals surface area contributed by atoms with Crippen molar-refractivity contribution in [2.75, 3.05) is 18.1 Å². The molecule has 0 bridgehead atoms. The topological polar surface area (TPSA) is 42.7 Å². The third kappa shape index (κ3) is 2.67. The monoisotopic (exact) mass is 378 g/mol. The Labute approximate surface area is 154 Å². The first-order valence-electron chi connectivity index (χ1n) is 8.31. The number of alkyl halides is 2. The average Bonchev–Trinajstić information content (AvgIpc) is 3.00. The molecule has 0 aliphatic carbocycles. The van der Waals surface area contributed by atoms with Gasteiger partial charge in [-0.3, -0.25) is 9.38 Å². The van der Waals surface area contributed by atoms with Gasteiger partial charge in [0.2, 0.25) is 0 Å². The first kappa shape index (κ1) is 17.0. The molecule has 3 aromatic rings. The van der Waals surface area contributed by atoms with Crippen molar-refractivity contribution >= 4 is 28.6 Å². The summed E-state index contributed by atoms with van der Waals surface area (Å²) in [5.41, 5.74) is 1.14. The predicted octanol–water partition coefficient (Wildman–Crippen LogP) is 4.97. The fourth-order valence-electron chi connectivity index (χ4n) is 3.19. The van der Waals surface area contributed by atoms with E-state index in [1.807, 2.05) is 15.5 Å². The van der Waals surface area contributed by atoms with E-state index in [-0.39, 0.29) is 16.5 Å². The van der Waals surface area contributed by atoms with Gasteiger partial charge in [-0.1, -0.05) is 25.4 Å². The van der Waals surface area contributed by atoms with Crippen LogP contribution in [0.15, 0.2) is 30.7 Å². The Balaban J connectivity index is 1.92. The van der Waals surface area contributed by atoms with Gasteiger partial charge in [-0.25, -0.2) is 13.8 Å². The van der Waals surface area contributed by atoms with Crippen LogP contribution in [0.25, 0.3) is 5.52 Å². The van der Waals surface area contributed by atoms with E-state index in [9.17, 15) is 8.78 Å². The van der Waals surface area contributed by atoms with Crippen LogP contribution in [0.1, 0.15) is 37.6 Å². The molecule has 0 N–H and O–H groups in total. The van der Waals surface area contributed by atoms with Crippen molar-refractivity contribution in [1.82, 2.24) is 14.4 Å². The highest BCUT2D eigenvalue weighted by molar-refractivity contribution is 6.31. The van der Waals surface area contributed by atoms with Crippen molar-refractivity contribution in [3.8, 4) is 5.75 Å². The van der Waals surface area contributed by atoms with E-state index in [4.69, 9.17) is 21.3 Å². The minimum absolute atomic E-state index is 0.000153. The van der Waals surface area contributed by atoms with E-state index in [1.165, 1.54) is 12.1 Å². The van der Waals surface area contributed by atoms with E-state index in [1.54, 1.807) is 12.4 Å². The first-order chi connectivity index (χ1) is 12.5. The fraction of sp³-hybridized carbons (Fsp3) is 0.333. The average molecular weight is 379 g/mol. The van der Waals surface area contributed by atoms with Gasteiger partial charge >= 0.3 is 0 Å². The van der Waals surface area contributed by atoms with E-state index in [0.29, 0.717) is 30.4 Å². The summed E-state index contributed by atoms with van der Waals surface area (Å²) in [7, 11) is 0. The zero-order valence-corrected chi connectivity index (χ0v) is 15.0. The molecule has 26 heavy (non-hydrogen) atoms. The Hall–Kier alpha value is -2.41. The molecule has 1 aliphatic rings. The van der Waals surface area contributed by atoms with Crippen LogP contribution in [0.2, 0.25) is 5.02 Å². The van der Waals surface area contributed by atoms with Crippen molar-refractivity contribution < 1.29 is 13.5 Å². The number of anilines is 2. The number of rotatable bonds is 3. The van der Waals surface area contributed by atoms with Gasteiger partial charge in [0.1, 0.15) is 23.7 Å². The molecule has 0 atom stereocenters. The summed E-state index contributed by atoms with van der Waals surface area (Å²) in [6.07, 6.45) is 2.62. The quantitative estimate of drug-likeness (QED) is 0.645. The number of halogens is 3. The molecule has 8 heteroatoms. The summed E-state index contributed by atoms with van der Waals surface area (Å²) < 4.78 is 34.2. The van der Waals surface area contributed by atoms with Gasteiger partial charge in [0, 0.05) is 29.9 Å². The van der Waals surface area contributed by atoms with Gasteiger partial charge in [-0.2, -0.15) is 0 Å². The standard InChI is InChI=1S/C18H17ClF2N4O/c1-10(2)17-23-18(14-9-22-3-4-24(14)17)25-5-6-26-15-8-12(19)11(16(20)21)7-13(15)25/h3-4,7-10,16H,5-6H2,1-2H3. The number of hydrogen-bond acceptors (Lipinski definition) is 4. The van der Waals surface area contributed by atoms with Gasteiger partial charge in [0.05, 0.1) is 23.5 Å². The normalized spacial score (nSPS) is 14.2. The summed E-state index contributed by atoms with van der Waals surface area (Å²) >= 11 is 5.98. The Morgan fingerprint density at radius 3 is 2.81 bits per heavy atom. The van der Waals surface area contributed by atoms with Gasteiger partial charge < -0.3 is 9.64 Å². The van der Waals surface area contributed by atoms with Crippen LogP contribution in [0.3, 0.4) is 0 Å². The van der Waals surface area contributed by atoms with Crippen LogP contribution in [0, 0.1) is 0 Å². The second-order valence-electron chi connectivity index (χ2n) is 6.42. The van der Waals surface area contributed by atoms with Crippen LogP contribution in [0.4, 0.5) is 20.3 Å². The maximum Gasteiger partial charge on any atom is 0.265 e. The van der Waals surface area contributed by atoms with Gasteiger partial charge in [-0.05, 0) is 6.07 Å². The summed E-state index contributed by atoms with van der Waals surface area (Å²) in [5, 5.41) is -0.000153. The molecule has 4 rings (SSSR count). The molecule has 2 aromatic heterocycles. The summed E-state index contributed by atoms with van der Waals surface area (Å²) in [6.45, 7) is 5.02. The fourth-order valence-corrected chi connectivity index (χ4v) is 3.43. The number of aromatic nitrogens is 3. The van der Waals surface area contributed by atoms with Crippen molar-refractivity contribution in [1.29, 1.82) is 0 Å². The highest BCUT2D eigenvalue weighted by Gasteiger charge is 2.27. The zero-order valence-electron chi connectivity index (χ0n) is 14.3. The van der Waals surface area contributed by atoms with E-state index in [2.05, 4.69) is 18.8 Å². The van der Waals surface area contributed by atoms with Crippen molar-refractivity contribution in [2.24, 2.45) is 0 Å². The molecule has 3 heterocycles. The number of fused-ring (bicyclic) bond motifs is 2. The minimum atomic E-state index is -2.66. The van der Waals surface area contributed by atoms with Crippen LogP contribution in [-0.2, 0) is 0 Å². The molecule has 0 unspecified atom stereocenters. The third-order valence-corrected chi connectivity index (χ3v) is 4.73. The molecule has 5 nitrogen and oxygen atoms in total. The number of hydrogen-bond donors (Lipinski definition) is 0. The molecule has 0 saturated carbocycles. The molecule has 0 saturated heterocycles. The van der Waals surface area contributed by atoms with Gasteiger partial charge in [0.15, 0.2) is 5.82 Å². The molecule has 0 spiro atoms. The SMILES string of the molecule is CC(C)c1nc(N2CCOc3cc(Cl)c(C(F)F)cc32)c2cnccn12. The maximum atomic E-state index is 13.3. The maximum absolute atomic E-state index is 13.3. The number of imidazole rings is 1. The lowest BCUT2D eigenvalue weighted by Crippen LogP contribution is -2.29. The molecule has 0 radical (unpaired) electrons. The minimum Gasteiger partial charge on any atom is -0.489 e. The second kappa shape index (κ2) is 6.39. The molecule has 0 fully saturated rings. The van der Waals surface area contributed by atoms with Crippen LogP contribution < -0.4 is 9.64 Å². The molecule has 136 valence electrons. The van der Waals surface area contributed by atoms with E-state index in [0.717, 1.165) is 11.3 Å². The van der Waals surface area contributed by atoms with E-state index < -0.39 is 6.43 Å². The summed E-state index contributed by atoms with van der Waals surface area (Å²) in [6, 6.07) is 2.84. The van der Waals surface area contributed by atoms with E-state index >= 15 is 0 Å². The number of benzene rings is 1. The molecular weight excluding hydrogens is 362 g/mol. The van der Waals surface area contributed by atoms with Crippen molar-refractivity contribution in [2.45, 2.75) is 26.2 Å². The second-order valence-corrected chi connectivity index (χ2v) is 6.83. The third-order valence-electron chi connectivity index (χ3n) is 4.40. The smallest absolute Gasteiger partial charge is 0.265 e. The Bertz CT molecular complexity index is 973. The van der Waals surface area contributed by atoms with Gasteiger partial charge in [-0.15, -0.1) is 0 Å². The van der Waals surface area contributed by atoms with Crippen LogP contribution >= 0.6 is 11.6 Å². The molecule has 1 aliphatic heterocycles. The molecular formula is C18H17ClF2N4O. The Morgan fingerprint density at radius 2 is 2.08 bits per heavy atom. The lowest BCUT2D eigenvalue weighted by molar-refractivity contribution is 0.151. The number of ether oxygens (including phenoxy) is 1. The van der Waals surface area contributed by atoms with Gasteiger partial charge in [0.25, 0.3) is 6.43 Å². The number of nitrogens with zero attached hydrogens (tertiary/aromatic N) is 4. The highest BCUT2D eigenvalue weighted by atomic mass is 35.5. The summed E-state index contributed by atoms with van der Waals surface area (Å²) in [5.74, 6) is 2.23. The predicted molar refractivity (Wildman–Crippen MR) is 96.0 cm³/mol. The highest BCUT2D eigenvalue weighted by Crippen LogP contribution is 2.43. The lowest BCUT2D eigenvalue weighted by Gasteiger charge is -2.30. The summed E-state index contributed by atoms with van der Waals surface area (Å²) in [4.78, 5) is 10.9. The van der Waals surface area contributed by atoms with Crippen molar-refractivity contribution in [3.63, 3.8) is 0 Å². The Morgan fingerprint density at radius 1 is 1.27 bits per heavy atom. The van der Waals surface area contributed by atoms with Crippen LogP contribution in [0.5, 0.6) is 5.75 Å².